The molecular formula is C27H25N5O3S. The van der Waals surface area contributed by atoms with Gasteiger partial charge in [0.1, 0.15) is 21.2 Å². The van der Waals surface area contributed by atoms with Crippen LogP contribution in [0, 0.1) is 6.92 Å². The molecule has 0 saturated carbocycles. The predicted molar refractivity (Wildman–Crippen MR) is 142 cm³/mol. The van der Waals surface area contributed by atoms with E-state index in [0.717, 1.165) is 48.3 Å². The van der Waals surface area contributed by atoms with Gasteiger partial charge in [-0.15, -0.1) is 11.3 Å². The summed E-state index contributed by atoms with van der Waals surface area (Å²) in [6.45, 7) is 3.71. The third-order valence-electron chi connectivity index (χ3n) is 6.51. The second-order valence-corrected chi connectivity index (χ2v) is 9.94. The Morgan fingerprint density at radius 1 is 1.08 bits per heavy atom. The van der Waals surface area contributed by atoms with Crippen LogP contribution in [-0.2, 0) is 0 Å². The van der Waals surface area contributed by atoms with Crippen molar-refractivity contribution < 1.29 is 14.3 Å². The Balaban J connectivity index is 1.34. The summed E-state index contributed by atoms with van der Waals surface area (Å²) in [5, 5.41) is 10.2. The Kier molecular flexibility index (Phi) is 5.79. The fourth-order valence-corrected chi connectivity index (χ4v) is 5.79. The van der Waals surface area contributed by atoms with E-state index >= 15 is 0 Å². The number of urea groups is 1. The van der Waals surface area contributed by atoms with E-state index in [1.54, 1.807) is 11.1 Å². The van der Waals surface area contributed by atoms with Crippen molar-refractivity contribution in [2.24, 2.45) is 0 Å². The predicted octanol–water partition coefficient (Wildman–Crippen LogP) is 5.56. The minimum atomic E-state index is -0.316. The second-order valence-electron chi connectivity index (χ2n) is 8.94. The van der Waals surface area contributed by atoms with Gasteiger partial charge in [0.05, 0.1) is 22.4 Å². The molecule has 0 radical (unpaired) electrons. The summed E-state index contributed by atoms with van der Waals surface area (Å²) in [7, 11) is 0. The Hall–Kier alpha value is -3.95. The first-order valence-corrected chi connectivity index (χ1v) is 12.8. The van der Waals surface area contributed by atoms with E-state index in [9.17, 15) is 9.59 Å². The fourth-order valence-electron chi connectivity index (χ4n) is 4.77. The van der Waals surface area contributed by atoms with Gasteiger partial charge in [0.25, 0.3) is 5.91 Å². The first-order chi connectivity index (χ1) is 17.6. The maximum absolute atomic E-state index is 13.4. The van der Waals surface area contributed by atoms with E-state index in [-0.39, 0.29) is 18.0 Å². The number of carbonyl (C=O) groups is 2. The molecule has 9 heteroatoms. The number of nitrogens with one attached hydrogen (secondary N) is 3. The van der Waals surface area contributed by atoms with Crippen LogP contribution in [0.3, 0.4) is 0 Å². The number of pyridine rings is 1. The molecule has 2 aromatic heterocycles. The summed E-state index contributed by atoms with van der Waals surface area (Å²) in [6.07, 6.45) is 3.46. The number of hydrogen-bond donors (Lipinski definition) is 3. The van der Waals surface area contributed by atoms with Crippen LogP contribution >= 0.6 is 11.3 Å². The van der Waals surface area contributed by atoms with Crippen molar-refractivity contribution in [3.05, 3.63) is 71.2 Å². The number of aryl methyl sites for hydroxylation is 1. The molecule has 1 saturated heterocycles. The number of ether oxygens (including phenoxy) is 1. The summed E-state index contributed by atoms with van der Waals surface area (Å²) in [5.41, 5.74) is 2.85. The van der Waals surface area contributed by atoms with Crippen LogP contribution in [0.5, 0.6) is 11.5 Å². The molecule has 3 amide bonds. The molecule has 4 heterocycles. The van der Waals surface area contributed by atoms with Crippen molar-refractivity contribution in [2.45, 2.75) is 25.8 Å². The average Bonchev–Trinajstić information content (AvgIpc) is 3.26. The van der Waals surface area contributed by atoms with Crippen molar-refractivity contribution >= 4 is 50.6 Å². The summed E-state index contributed by atoms with van der Waals surface area (Å²) in [5.74, 6) is 1.26. The van der Waals surface area contributed by atoms with Crippen LogP contribution in [0.15, 0.2) is 60.8 Å². The van der Waals surface area contributed by atoms with Gasteiger partial charge in [0.2, 0.25) is 0 Å². The van der Waals surface area contributed by atoms with Gasteiger partial charge in [-0.1, -0.05) is 18.2 Å². The zero-order valence-corrected chi connectivity index (χ0v) is 20.5. The fraction of sp³-hybridized carbons (Fsp3) is 0.222. The molecule has 36 heavy (non-hydrogen) atoms. The Labute approximate surface area is 212 Å². The quantitative estimate of drug-likeness (QED) is 0.334. The van der Waals surface area contributed by atoms with Crippen LogP contribution in [-0.4, -0.2) is 36.1 Å². The van der Waals surface area contributed by atoms with Crippen molar-refractivity contribution in [2.75, 3.05) is 23.3 Å². The number of aromatic nitrogens is 1. The number of rotatable bonds is 5. The lowest BCUT2D eigenvalue weighted by atomic mass is 10.1. The molecule has 0 spiro atoms. The van der Waals surface area contributed by atoms with Gasteiger partial charge < -0.3 is 20.7 Å². The number of benzene rings is 2. The van der Waals surface area contributed by atoms with E-state index in [4.69, 9.17) is 4.74 Å². The van der Waals surface area contributed by atoms with E-state index in [2.05, 4.69) is 20.9 Å². The lowest BCUT2D eigenvalue weighted by Gasteiger charge is -2.30. The van der Waals surface area contributed by atoms with Gasteiger partial charge in [0.15, 0.2) is 0 Å². The minimum absolute atomic E-state index is 0.124. The minimum Gasteiger partial charge on any atom is -0.457 e. The molecule has 2 aliphatic heterocycles. The second kappa shape index (κ2) is 9.25. The summed E-state index contributed by atoms with van der Waals surface area (Å²) < 4.78 is 5.96. The number of amides is 3. The number of nitrogens with zero attached hydrogens (tertiary/aromatic N) is 2. The molecule has 0 bridgehead atoms. The van der Waals surface area contributed by atoms with Crippen molar-refractivity contribution in [3.63, 3.8) is 0 Å². The summed E-state index contributed by atoms with van der Waals surface area (Å²) in [6, 6.07) is 16.8. The number of carbonyl (C=O) groups excluding carboxylic acids is 2. The number of hydrogen-bond acceptors (Lipinski definition) is 6. The maximum atomic E-state index is 13.4. The molecule has 4 aromatic rings. The van der Waals surface area contributed by atoms with Crippen LogP contribution < -0.4 is 25.6 Å². The van der Waals surface area contributed by atoms with Crippen molar-refractivity contribution in [1.82, 2.24) is 15.6 Å². The van der Waals surface area contributed by atoms with Crippen molar-refractivity contribution in [3.8, 4) is 11.5 Å². The average molecular weight is 500 g/mol. The standard InChI is InChI=1S/C27H25N5O3S/c1-16-15-19(35-18-5-3-2-4-6-18)7-8-20(16)32-21-11-14-29-26-22(21)23(31-27(32)34)24(36-26)25(33)30-17-9-12-28-13-10-17/h2-8,11,14-15,17,28H,9-10,12-13H2,1H3,(H,30,33)(H,31,34). The Bertz CT molecular complexity index is 1460. The van der Waals surface area contributed by atoms with Crippen LogP contribution in [0.25, 0.3) is 10.2 Å². The largest absolute Gasteiger partial charge is 0.457 e. The highest BCUT2D eigenvalue weighted by molar-refractivity contribution is 7.21. The van der Waals surface area contributed by atoms with Gasteiger partial charge in [0, 0.05) is 12.2 Å². The number of thiophene rings is 1. The number of piperidine rings is 1. The maximum Gasteiger partial charge on any atom is 0.331 e. The van der Waals surface area contributed by atoms with Gasteiger partial charge >= 0.3 is 6.03 Å². The Morgan fingerprint density at radius 3 is 2.67 bits per heavy atom. The number of anilines is 3. The normalized spacial score (nSPS) is 15.6. The zero-order valence-electron chi connectivity index (χ0n) is 19.7. The third-order valence-corrected chi connectivity index (χ3v) is 7.61. The lowest BCUT2D eigenvalue weighted by Crippen LogP contribution is -2.43. The third kappa shape index (κ3) is 4.06. The molecule has 0 atom stereocenters. The van der Waals surface area contributed by atoms with Gasteiger partial charge in [-0.2, -0.15) is 0 Å². The molecule has 2 aromatic carbocycles. The van der Waals surface area contributed by atoms with Gasteiger partial charge in [-0.05, 0) is 74.8 Å². The smallest absolute Gasteiger partial charge is 0.331 e. The van der Waals surface area contributed by atoms with Crippen molar-refractivity contribution in [1.29, 1.82) is 0 Å². The molecule has 182 valence electrons. The SMILES string of the molecule is Cc1cc(Oc2ccccc2)ccc1N1C(=O)Nc2c(C(=O)NC3CCNCC3)sc3nccc1c23. The molecule has 0 aliphatic carbocycles. The molecule has 1 fully saturated rings. The molecule has 3 N–H and O–H groups in total. The van der Waals surface area contributed by atoms with E-state index in [1.165, 1.54) is 11.3 Å². The van der Waals surface area contributed by atoms with Gasteiger partial charge in [-0.3, -0.25) is 9.69 Å². The first kappa shape index (κ1) is 22.5. The monoisotopic (exact) mass is 499 g/mol. The lowest BCUT2D eigenvalue weighted by molar-refractivity contribution is 0.0934. The highest BCUT2D eigenvalue weighted by Gasteiger charge is 2.33. The van der Waals surface area contributed by atoms with Crippen LogP contribution in [0.4, 0.5) is 21.9 Å². The van der Waals surface area contributed by atoms with Crippen LogP contribution in [0.2, 0.25) is 0 Å². The summed E-state index contributed by atoms with van der Waals surface area (Å²) >= 11 is 1.31. The number of para-hydroxylation sites is 1. The zero-order chi connectivity index (χ0) is 24.6. The first-order valence-electron chi connectivity index (χ1n) is 12.0. The van der Waals surface area contributed by atoms with E-state index in [1.807, 2.05) is 61.5 Å². The molecular weight excluding hydrogens is 474 g/mol. The molecule has 0 unspecified atom stereocenters. The van der Waals surface area contributed by atoms with Gasteiger partial charge in [-0.25, -0.2) is 9.78 Å². The summed E-state index contributed by atoms with van der Waals surface area (Å²) in [4.78, 5) is 33.9. The highest BCUT2D eigenvalue weighted by atomic mass is 32.1. The van der Waals surface area contributed by atoms with E-state index < -0.39 is 0 Å². The highest BCUT2D eigenvalue weighted by Crippen LogP contribution is 2.46. The van der Waals surface area contributed by atoms with Crippen LogP contribution in [0.1, 0.15) is 28.1 Å². The topological polar surface area (TPSA) is 95.6 Å². The molecule has 2 aliphatic rings. The molecule has 8 nitrogen and oxygen atoms in total. The van der Waals surface area contributed by atoms with E-state index in [0.29, 0.717) is 26.8 Å². The Morgan fingerprint density at radius 2 is 1.89 bits per heavy atom. The molecule has 6 rings (SSSR count).